The van der Waals surface area contributed by atoms with E-state index in [1.807, 2.05) is 30.3 Å². The summed E-state index contributed by atoms with van der Waals surface area (Å²) in [5.74, 6) is 2.72. The first kappa shape index (κ1) is 20.6. The summed E-state index contributed by atoms with van der Waals surface area (Å²) in [4.78, 5) is 13.8. The number of hydrogen-bond donors (Lipinski definition) is 2. The molecular formula is C25H28N2O6. The fourth-order valence-corrected chi connectivity index (χ4v) is 5.45. The van der Waals surface area contributed by atoms with Crippen LogP contribution >= 0.6 is 0 Å². The highest BCUT2D eigenvalue weighted by Gasteiger charge is 2.50. The number of rotatable bonds is 3. The van der Waals surface area contributed by atoms with Crippen molar-refractivity contribution in [2.24, 2.45) is 0 Å². The van der Waals surface area contributed by atoms with Gasteiger partial charge < -0.3 is 34.3 Å². The van der Waals surface area contributed by atoms with Crippen LogP contribution in [0.2, 0.25) is 0 Å². The summed E-state index contributed by atoms with van der Waals surface area (Å²) in [7, 11) is 1.75. The maximum Gasteiger partial charge on any atom is 0.264 e. The van der Waals surface area contributed by atoms with Gasteiger partial charge in [-0.25, -0.2) is 0 Å². The minimum atomic E-state index is -0.708. The molecule has 3 heterocycles. The molecule has 174 valence electrons. The standard InChI is InChI=1S/C25H28N2O6/c1-27-17-11-19-16(10-20(17)30-13-22(27)28)23(24(29)25(33-19)7-3-2-4-8-25)26-12-15-5-6-18-21(9-15)32-14-31-18/h5-6,9-11,23-24,26,29H,2-4,7-8,12-14H2,1H3. The predicted molar refractivity (Wildman–Crippen MR) is 120 cm³/mol. The molecule has 0 radical (unpaired) electrons. The van der Waals surface area contributed by atoms with Gasteiger partial charge in [0.05, 0.1) is 11.7 Å². The minimum Gasteiger partial charge on any atom is -0.484 e. The molecule has 1 saturated carbocycles. The van der Waals surface area contributed by atoms with Gasteiger partial charge in [0.25, 0.3) is 5.91 Å². The fraction of sp³-hybridized carbons (Fsp3) is 0.480. The highest BCUT2D eigenvalue weighted by Crippen LogP contribution is 2.50. The van der Waals surface area contributed by atoms with E-state index in [1.165, 1.54) is 0 Å². The molecule has 4 aliphatic rings. The Balaban J connectivity index is 1.35. The molecule has 3 aliphatic heterocycles. The minimum absolute atomic E-state index is 0.00489. The fourth-order valence-electron chi connectivity index (χ4n) is 5.45. The number of likely N-dealkylation sites (N-methyl/N-ethyl adjacent to an activating group) is 1. The van der Waals surface area contributed by atoms with Crippen LogP contribution in [0.3, 0.4) is 0 Å². The second kappa shape index (κ2) is 7.81. The molecule has 0 saturated heterocycles. The monoisotopic (exact) mass is 452 g/mol. The van der Waals surface area contributed by atoms with E-state index in [0.29, 0.717) is 23.7 Å². The lowest BCUT2D eigenvalue weighted by Gasteiger charge is -2.48. The first-order valence-electron chi connectivity index (χ1n) is 11.6. The van der Waals surface area contributed by atoms with Crippen LogP contribution < -0.4 is 29.2 Å². The average Bonchev–Trinajstić information content (AvgIpc) is 3.30. The smallest absolute Gasteiger partial charge is 0.264 e. The van der Waals surface area contributed by atoms with E-state index in [9.17, 15) is 9.90 Å². The molecule has 8 heteroatoms. The number of nitrogens with zero attached hydrogens (tertiary/aromatic N) is 1. The molecule has 1 fully saturated rings. The van der Waals surface area contributed by atoms with Crippen LogP contribution in [-0.2, 0) is 11.3 Å². The van der Waals surface area contributed by atoms with E-state index >= 15 is 0 Å². The Bertz CT molecular complexity index is 1100. The molecule has 6 rings (SSSR count). The average molecular weight is 453 g/mol. The summed E-state index contributed by atoms with van der Waals surface area (Å²) in [5.41, 5.74) is 1.95. The zero-order valence-corrected chi connectivity index (χ0v) is 18.6. The number of anilines is 1. The summed E-state index contributed by atoms with van der Waals surface area (Å²) in [5, 5.41) is 15.2. The zero-order valence-electron chi connectivity index (χ0n) is 18.6. The molecule has 8 nitrogen and oxygen atoms in total. The Morgan fingerprint density at radius 2 is 1.85 bits per heavy atom. The Morgan fingerprint density at radius 3 is 2.70 bits per heavy atom. The third-order valence-corrected chi connectivity index (χ3v) is 7.34. The SMILES string of the molecule is CN1C(=O)COc2cc3c(cc21)OC1(CCCCC1)C(O)C3NCc1ccc2c(c1)OCO2. The molecule has 0 aromatic heterocycles. The highest BCUT2D eigenvalue weighted by atomic mass is 16.7. The molecule has 2 aromatic rings. The van der Waals surface area contributed by atoms with Gasteiger partial charge in [-0.3, -0.25) is 4.79 Å². The van der Waals surface area contributed by atoms with E-state index in [1.54, 1.807) is 11.9 Å². The van der Waals surface area contributed by atoms with Gasteiger partial charge in [-0.2, -0.15) is 0 Å². The molecule has 0 bridgehead atoms. The number of carbonyl (C=O) groups excluding carboxylic acids is 1. The highest BCUT2D eigenvalue weighted by molar-refractivity contribution is 5.97. The van der Waals surface area contributed by atoms with Crippen LogP contribution in [-0.4, -0.2) is 43.2 Å². The first-order chi connectivity index (χ1) is 16.0. The molecule has 2 atom stereocenters. The van der Waals surface area contributed by atoms with Crippen LogP contribution in [0.5, 0.6) is 23.0 Å². The topological polar surface area (TPSA) is 89.5 Å². The molecule has 1 spiro atoms. The number of aliphatic hydroxyl groups is 1. The Labute approximate surface area is 192 Å². The number of carbonyl (C=O) groups is 1. The molecular weight excluding hydrogens is 424 g/mol. The van der Waals surface area contributed by atoms with Crippen molar-refractivity contribution in [1.29, 1.82) is 0 Å². The third kappa shape index (κ3) is 3.40. The van der Waals surface area contributed by atoms with Crippen LogP contribution in [0.25, 0.3) is 0 Å². The molecule has 2 N–H and O–H groups in total. The maximum atomic E-state index is 12.2. The number of aliphatic hydroxyl groups excluding tert-OH is 1. The second-order valence-corrected chi connectivity index (χ2v) is 9.32. The molecule has 2 unspecified atom stereocenters. The predicted octanol–water partition coefficient (Wildman–Crippen LogP) is 3.06. The number of nitrogens with one attached hydrogen (secondary N) is 1. The van der Waals surface area contributed by atoms with Crippen molar-refractivity contribution in [1.82, 2.24) is 5.32 Å². The van der Waals surface area contributed by atoms with Crippen molar-refractivity contribution in [3.8, 4) is 23.0 Å². The van der Waals surface area contributed by atoms with Gasteiger partial charge in [0.2, 0.25) is 6.79 Å². The lowest BCUT2D eigenvalue weighted by Crippen LogP contribution is -2.57. The lowest BCUT2D eigenvalue weighted by molar-refractivity contribution is -0.121. The van der Waals surface area contributed by atoms with Crippen LogP contribution in [0.15, 0.2) is 30.3 Å². The van der Waals surface area contributed by atoms with Crippen molar-refractivity contribution in [2.75, 3.05) is 25.3 Å². The van der Waals surface area contributed by atoms with Gasteiger partial charge in [0.1, 0.15) is 23.2 Å². The normalized spacial score (nSPS) is 24.7. The van der Waals surface area contributed by atoms with Crippen molar-refractivity contribution < 1.29 is 28.8 Å². The van der Waals surface area contributed by atoms with E-state index < -0.39 is 11.7 Å². The Morgan fingerprint density at radius 1 is 1.03 bits per heavy atom. The zero-order chi connectivity index (χ0) is 22.6. The lowest BCUT2D eigenvalue weighted by atomic mass is 9.74. The van der Waals surface area contributed by atoms with Gasteiger partial charge in [-0.15, -0.1) is 0 Å². The summed E-state index contributed by atoms with van der Waals surface area (Å²) in [6, 6.07) is 9.33. The van der Waals surface area contributed by atoms with E-state index in [4.69, 9.17) is 18.9 Å². The van der Waals surface area contributed by atoms with Gasteiger partial charge in [0.15, 0.2) is 18.1 Å². The van der Waals surface area contributed by atoms with Crippen molar-refractivity contribution >= 4 is 11.6 Å². The van der Waals surface area contributed by atoms with Gasteiger partial charge in [0, 0.05) is 25.2 Å². The Hall–Kier alpha value is -2.97. The summed E-state index contributed by atoms with van der Waals surface area (Å²) < 4.78 is 23.2. The number of benzene rings is 2. The molecule has 33 heavy (non-hydrogen) atoms. The number of fused-ring (bicyclic) bond motifs is 3. The van der Waals surface area contributed by atoms with Crippen molar-refractivity contribution in [3.63, 3.8) is 0 Å². The summed E-state index contributed by atoms with van der Waals surface area (Å²) in [6.07, 6.45) is 4.09. The molecule has 1 aliphatic carbocycles. The maximum absolute atomic E-state index is 12.2. The van der Waals surface area contributed by atoms with E-state index in [-0.39, 0.29) is 25.3 Å². The number of hydrogen-bond acceptors (Lipinski definition) is 7. The molecule has 1 amide bonds. The summed E-state index contributed by atoms with van der Waals surface area (Å²) >= 11 is 0. The van der Waals surface area contributed by atoms with Gasteiger partial charge in [-0.1, -0.05) is 12.5 Å². The van der Waals surface area contributed by atoms with Crippen molar-refractivity contribution in [2.45, 2.75) is 56.4 Å². The van der Waals surface area contributed by atoms with Gasteiger partial charge in [-0.05, 0) is 49.4 Å². The molecule has 2 aromatic carbocycles. The third-order valence-electron chi connectivity index (χ3n) is 7.34. The largest absolute Gasteiger partial charge is 0.484 e. The van der Waals surface area contributed by atoms with Crippen molar-refractivity contribution in [3.05, 3.63) is 41.5 Å². The van der Waals surface area contributed by atoms with Crippen LogP contribution in [0.4, 0.5) is 5.69 Å². The quantitative estimate of drug-likeness (QED) is 0.740. The Kier molecular flexibility index (Phi) is 4.88. The number of ether oxygens (including phenoxy) is 4. The first-order valence-corrected chi connectivity index (χ1v) is 11.6. The van der Waals surface area contributed by atoms with E-state index in [0.717, 1.165) is 54.7 Å². The number of amides is 1. The summed E-state index contributed by atoms with van der Waals surface area (Å²) in [6.45, 7) is 0.790. The van der Waals surface area contributed by atoms with E-state index in [2.05, 4.69) is 5.32 Å². The van der Waals surface area contributed by atoms with Gasteiger partial charge >= 0.3 is 0 Å². The van der Waals surface area contributed by atoms with Crippen LogP contribution in [0, 0.1) is 0 Å². The van der Waals surface area contributed by atoms with Crippen LogP contribution in [0.1, 0.15) is 49.3 Å². The second-order valence-electron chi connectivity index (χ2n) is 9.32.